The van der Waals surface area contributed by atoms with Gasteiger partial charge in [-0.25, -0.2) is 9.78 Å². The molecule has 2 unspecified atom stereocenters. The van der Waals surface area contributed by atoms with Gasteiger partial charge in [-0.1, -0.05) is 19.1 Å². The predicted octanol–water partition coefficient (Wildman–Crippen LogP) is 4.53. The van der Waals surface area contributed by atoms with Gasteiger partial charge >= 0.3 is 6.09 Å². The third kappa shape index (κ3) is 6.49. The van der Waals surface area contributed by atoms with Crippen LogP contribution < -0.4 is 15.4 Å². The molecule has 9 nitrogen and oxygen atoms in total. The van der Waals surface area contributed by atoms with E-state index in [1.165, 1.54) is 11.3 Å². The Morgan fingerprint density at radius 2 is 2.22 bits per heavy atom. The molecule has 0 fully saturated rings. The van der Waals surface area contributed by atoms with Crippen LogP contribution in [0.5, 0.6) is 5.75 Å². The summed E-state index contributed by atoms with van der Waals surface area (Å²) in [6.07, 6.45) is 5.45. The molecule has 0 saturated carbocycles. The van der Waals surface area contributed by atoms with E-state index in [2.05, 4.69) is 21.7 Å². The monoisotopic (exact) mass is 521 g/mol. The Morgan fingerprint density at radius 3 is 2.95 bits per heavy atom. The largest absolute Gasteiger partial charge is 0.497 e. The van der Waals surface area contributed by atoms with E-state index < -0.39 is 6.09 Å². The molecular weight excluding hydrogens is 490 g/mol. The number of benzene rings is 1. The van der Waals surface area contributed by atoms with Gasteiger partial charge in [-0.15, -0.1) is 11.3 Å². The van der Waals surface area contributed by atoms with Crippen LogP contribution in [0, 0.1) is 17.2 Å². The molecular formula is C27H31N5O4S. The van der Waals surface area contributed by atoms with Crippen LogP contribution in [0.2, 0.25) is 0 Å². The number of ether oxygens (including phenoxy) is 2. The first kappa shape index (κ1) is 26.2. The van der Waals surface area contributed by atoms with Gasteiger partial charge in [-0.3, -0.25) is 4.79 Å². The summed E-state index contributed by atoms with van der Waals surface area (Å²) in [5.41, 5.74) is 3.46. The van der Waals surface area contributed by atoms with E-state index in [0.717, 1.165) is 40.3 Å². The quantitative estimate of drug-likeness (QED) is 0.427. The highest BCUT2D eigenvalue weighted by molar-refractivity contribution is 7.16. The molecule has 2 heterocycles. The average Bonchev–Trinajstić information content (AvgIpc) is 3.47. The van der Waals surface area contributed by atoms with Gasteiger partial charge in [-0.05, 0) is 54.4 Å². The number of rotatable bonds is 9. The summed E-state index contributed by atoms with van der Waals surface area (Å²) in [7, 11) is 3.48. The second-order valence-electron chi connectivity index (χ2n) is 9.31. The zero-order valence-electron chi connectivity index (χ0n) is 21.2. The Bertz CT molecular complexity index is 1310. The van der Waals surface area contributed by atoms with Gasteiger partial charge in [0.2, 0.25) is 5.91 Å². The van der Waals surface area contributed by atoms with Crippen LogP contribution in [-0.4, -0.2) is 35.3 Å². The van der Waals surface area contributed by atoms with Gasteiger partial charge in [0, 0.05) is 24.5 Å². The number of carbonyl (C=O) groups is 2. The number of methoxy groups -OCH3 is 1. The second kappa shape index (κ2) is 11.9. The lowest BCUT2D eigenvalue weighted by Crippen LogP contribution is -2.28. The lowest BCUT2D eigenvalue weighted by atomic mass is 9.88. The summed E-state index contributed by atoms with van der Waals surface area (Å²) in [6, 6.07) is 9.98. The highest BCUT2D eigenvalue weighted by atomic mass is 32.1. The molecule has 1 aromatic carbocycles. The first-order valence-corrected chi connectivity index (χ1v) is 13.0. The fraction of sp³-hybridized carbons (Fsp3) is 0.407. The van der Waals surface area contributed by atoms with E-state index in [4.69, 9.17) is 9.47 Å². The number of aryl methyl sites for hydroxylation is 1. The smallest absolute Gasteiger partial charge is 0.407 e. The van der Waals surface area contributed by atoms with E-state index in [1.54, 1.807) is 19.6 Å². The topological polar surface area (TPSA) is 118 Å². The number of thiophene rings is 1. The molecule has 0 aliphatic heterocycles. The molecule has 2 amide bonds. The van der Waals surface area contributed by atoms with Crippen molar-refractivity contribution in [1.29, 1.82) is 5.26 Å². The summed E-state index contributed by atoms with van der Waals surface area (Å²) in [6.45, 7) is 2.65. The Labute approximate surface area is 220 Å². The molecule has 2 aromatic heterocycles. The average molecular weight is 522 g/mol. The summed E-state index contributed by atoms with van der Waals surface area (Å²) >= 11 is 1.45. The molecule has 1 aliphatic carbocycles. The second-order valence-corrected chi connectivity index (χ2v) is 10.4. The number of nitrogens with zero attached hydrogens (tertiary/aromatic N) is 3. The standard InChI is InChI=1S/C27H31N5O4S/c1-17(19-5-4-6-21(11-19)35-3)9-25(33)31-26-23(12-28)22-8-7-18(10-24(22)37-26)15-36-27(34)30-14-20-13-29-16-32(20)2/h4-6,11,13,16-18H,7-10,14-15H2,1-3H3,(H,30,34)(H,31,33). The maximum absolute atomic E-state index is 12.8. The van der Waals surface area contributed by atoms with E-state index in [0.29, 0.717) is 36.6 Å². The number of nitriles is 1. The molecule has 1 aliphatic rings. The van der Waals surface area contributed by atoms with Gasteiger partial charge in [0.25, 0.3) is 0 Å². The van der Waals surface area contributed by atoms with E-state index in [9.17, 15) is 14.9 Å². The van der Waals surface area contributed by atoms with Crippen LogP contribution >= 0.6 is 11.3 Å². The Kier molecular flexibility index (Phi) is 8.46. The normalized spacial score (nSPS) is 15.2. The molecule has 37 heavy (non-hydrogen) atoms. The van der Waals surface area contributed by atoms with Crippen molar-refractivity contribution in [3.63, 3.8) is 0 Å². The highest BCUT2D eigenvalue weighted by Gasteiger charge is 2.27. The number of hydrogen-bond donors (Lipinski definition) is 2. The minimum atomic E-state index is -0.464. The van der Waals surface area contributed by atoms with Gasteiger partial charge in [0.05, 0.1) is 37.8 Å². The van der Waals surface area contributed by atoms with Crippen molar-refractivity contribution >= 4 is 28.3 Å². The third-order valence-corrected chi connectivity index (χ3v) is 7.84. The number of amides is 2. The van der Waals surface area contributed by atoms with Crippen molar-refractivity contribution in [2.75, 3.05) is 19.0 Å². The Morgan fingerprint density at radius 1 is 1.38 bits per heavy atom. The number of nitrogens with one attached hydrogen (secondary N) is 2. The first-order chi connectivity index (χ1) is 17.9. The summed E-state index contributed by atoms with van der Waals surface area (Å²) in [5.74, 6) is 0.792. The van der Waals surface area contributed by atoms with E-state index in [-0.39, 0.29) is 17.7 Å². The van der Waals surface area contributed by atoms with Gasteiger partial charge < -0.3 is 24.7 Å². The molecule has 3 aromatic rings. The van der Waals surface area contributed by atoms with Crippen molar-refractivity contribution < 1.29 is 19.1 Å². The molecule has 2 N–H and O–H groups in total. The van der Waals surface area contributed by atoms with Crippen LogP contribution in [0.4, 0.5) is 9.80 Å². The number of alkyl carbamates (subject to hydrolysis) is 1. The lowest BCUT2D eigenvalue weighted by Gasteiger charge is -2.21. The Balaban J connectivity index is 1.31. The van der Waals surface area contributed by atoms with Gasteiger partial charge in [0.15, 0.2) is 0 Å². The molecule has 0 spiro atoms. The van der Waals surface area contributed by atoms with E-state index in [1.807, 2.05) is 42.8 Å². The molecule has 10 heteroatoms. The van der Waals surface area contributed by atoms with Crippen LogP contribution in [0.25, 0.3) is 0 Å². The van der Waals surface area contributed by atoms with Gasteiger partial charge in [0.1, 0.15) is 16.8 Å². The molecule has 0 bridgehead atoms. The highest BCUT2D eigenvalue weighted by Crippen LogP contribution is 2.39. The van der Waals surface area contributed by atoms with Crippen LogP contribution in [-0.2, 0) is 36.0 Å². The molecule has 0 radical (unpaired) electrons. The van der Waals surface area contributed by atoms with Crippen molar-refractivity contribution in [3.05, 3.63) is 64.1 Å². The number of fused-ring (bicyclic) bond motifs is 1. The number of carbonyl (C=O) groups excluding carboxylic acids is 2. The zero-order valence-corrected chi connectivity index (χ0v) is 22.1. The first-order valence-electron chi connectivity index (χ1n) is 12.2. The van der Waals surface area contributed by atoms with Crippen molar-refractivity contribution in [1.82, 2.24) is 14.9 Å². The fourth-order valence-electron chi connectivity index (χ4n) is 4.49. The minimum absolute atomic E-state index is 0.000725. The summed E-state index contributed by atoms with van der Waals surface area (Å²) in [5, 5.41) is 16.1. The SMILES string of the molecule is COc1cccc(C(C)CC(=O)Nc2sc3c(c2C#N)CCC(COC(=O)NCc2cncn2C)C3)c1. The van der Waals surface area contributed by atoms with Crippen LogP contribution in [0.1, 0.15) is 52.9 Å². The Hall–Kier alpha value is -3.84. The molecule has 0 saturated heterocycles. The summed E-state index contributed by atoms with van der Waals surface area (Å²) < 4.78 is 12.6. The zero-order chi connectivity index (χ0) is 26.4. The molecule has 194 valence electrons. The van der Waals surface area contributed by atoms with Crippen molar-refractivity contribution in [3.8, 4) is 11.8 Å². The maximum atomic E-state index is 12.8. The predicted molar refractivity (Wildman–Crippen MR) is 141 cm³/mol. The fourth-order valence-corrected chi connectivity index (χ4v) is 5.82. The number of anilines is 1. The van der Waals surface area contributed by atoms with Crippen molar-refractivity contribution in [2.45, 2.75) is 45.1 Å². The number of aromatic nitrogens is 2. The van der Waals surface area contributed by atoms with Gasteiger partial charge in [-0.2, -0.15) is 5.26 Å². The molecule has 4 rings (SSSR count). The minimum Gasteiger partial charge on any atom is -0.497 e. The van der Waals surface area contributed by atoms with Crippen molar-refractivity contribution in [2.24, 2.45) is 13.0 Å². The van der Waals surface area contributed by atoms with E-state index >= 15 is 0 Å². The number of hydrogen-bond acceptors (Lipinski definition) is 7. The maximum Gasteiger partial charge on any atom is 0.407 e. The lowest BCUT2D eigenvalue weighted by molar-refractivity contribution is -0.116. The summed E-state index contributed by atoms with van der Waals surface area (Å²) in [4.78, 5) is 30.1. The molecule has 2 atom stereocenters. The van der Waals surface area contributed by atoms with Crippen LogP contribution in [0.15, 0.2) is 36.8 Å². The number of imidazole rings is 1. The van der Waals surface area contributed by atoms with Crippen LogP contribution in [0.3, 0.4) is 0 Å². The third-order valence-electron chi connectivity index (χ3n) is 6.67.